The standard InChI is InChI=1S/C24H21N13/c1-14-4-2-7-18(31-14)22(34-27)36(28)12-19-32-23-20(17-8-9-29-13-30-17)21(33-24(26)37(23)35-19)16-6-3-5-15(10-16)11-25/h2-10,13H,12,27-28H2,1H3,(H2,26,33)/b34-22-. The first-order valence-corrected chi connectivity index (χ1v) is 11.0. The number of rotatable bonds is 5. The largest absolute Gasteiger partial charge is 0.368 e. The molecule has 0 aliphatic rings. The molecule has 13 heteroatoms. The molecule has 5 rings (SSSR count). The Morgan fingerprint density at radius 3 is 2.70 bits per heavy atom. The Bertz CT molecular complexity index is 1670. The number of aryl methyl sites for hydroxylation is 1. The molecule has 182 valence electrons. The first-order valence-electron chi connectivity index (χ1n) is 11.0. The Kier molecular flexibility index (Phi) is 6.06. The van der Waals surface area contributed by atoms with E-state index < -0.39 is 0 Å². The van der Waals surface area contributed by atoms with Crippen LogP contribution in [0.1, 0.15) is 22.8 Å². The molecule has 0 aliphatic carbocycles. The number of hydrogen-bond donors (Lipinski definition) is 3. The van der Waals surface area contributed by atoms with E-state index in [1.165, 1.54) is 15.9 Å². The highest BCUT2D eigenvalue weighted by atomic mass is 15.5. The summed E-state index contributed by atoms with van der Waals surface area (Å²) < 4.78 is 1.42. The minimum atomic E-state index is 0.0508. The number of amidine groups is 1. The molecule has 0 atom stereocenters. The van der Waals surface area contributed by atoms with Crippen molar-refractivity contribution in [2.75, 3.05) is 5.73 Å². The number of aromatic nitrogens is 7. The summed E-state index contributed by atoms with van der Waals surface area (Å²) in [6.07, 6.45) is 3.04. The molecule has 0 amide bonds. The minimum absolute atomic E-state index is 0.0508. The van der Waals surface area contributed by atoms with Crippen LogP contribution in [0.25, 0.3) is 28.2 Å². The monoisotopic (exact) mass is 491 g/mol. The number of benzene rings is 1. The maximum Gasteiger partial charge on any atom is 0.223 e. The fourth-order valence-electron chi connectivity index (χ4n) is 3.87. The van der Waals surface area contributed by atoms with Gasteiger partial charge >= 0.3 is 0 Å². The van der Waals surface area contributed by atoms with Crippen molar-refractivity contribution < 1.29 is 0 Å². The lowest BCUT2D eigenvalue weighted by atomic mass is 10.0. The summed E-state index contributed by atoms with van der Waals surface area (Å²) in [5.74, 6) is 12.6. The zero-order chi connectivity index (χ0) is 25.9. The molecule has 0 saturated carbocycles. The summed E-state index contributed by atoms with van der Waals surface area (Å²) in [6.45, 7) is 1.91. The highest BCUT2D eigenvalue weighted by Gasteiger charge is 2.22. The third-order valence-corrected chi connectivity index (χ3v) is 5.48. The molecule has 4 heterocycles. The predicted octanol–water partition coefficient (Wildman–Crippen LogP) is 1.40. The van der Waals surface area contributed by atoms with Gasteiger partial charge in [0, 0.05) is 17.5 Å². The zero-order valence-corrected chi connectivity index (χ0v) is 19.7. The molecule has 0 bridgehead atoms. The lowest BCUT2D eigenvalue weighted by Gasteiger charge is -2.17. The fourth-order valence-corrected chi connectivity index (χ4v) is 3.87. The van der Waals surface area contributed by atoms with Crippen molar-refractivity contribution in [1.29, 1.82) is 5.26 Å². The Hall–Kier alpha value is -5.48. The summed E-state index contributed by atoms with van der Waals surface area (Å²) >= 11 is 0. The Morgan fingerprint density at radius 2 is 1.97 bits per heavy atom. The third kappa shape index (κ3) is 4.47. The normalized spacial score (nSPS) is 11.4. The molecule has 4 aromatic heterocycles. The number of pyridine rings is 1. The maximum absolute atomic E-state index is 9.39. The predicted molar refractivity (Wildman–Crippen MR) is 136 cm³/mol. The summed E-state index contributed by atoms with van der Waals surface area (Å²) in [5, 5.41) is 19.0. The number of nitrogen functional groups attached to an aromatic ring is 1. The summed E-state index contributed by atoms with van der Waals surface area (Å²) in [5.41, 5.74) is 10.8. The SMILES string of the molecule is Cc1cccc(/C(=N/N)N(N)Cc2nc3c(-c4ccncn4)c(-c4cccc(C#N)c4)nc(N)n3n2)n1. The quantitative estimate of drug-likeness (QED) is 0.139. The van der Waals surface area contributed by atoms with Crippen molar-refractivity contribution in [1.82, 2.24) is 39.5 Å². The van der Waals surface area contributed by atoms with Gasteiger partial charge in [0.05, 0.1) is 35.1 Å². The Labute approximate surface area is 210 Å². The molecule has 0 aliphatic heterocycles. The van der Waals surface area contributed by atoms with E-state index in [0.717, 1.165) is 5.69 Å². The molecule has 0 radical (unpaired) electrons. The lowest BCUT2D eigenvalue weighted by Crippen LogP contribution is -2.39. The van der Waals surface area contributed by atoms with Crippen molar-refractivity contribution in [2.45, 2.75) is 13.5 Å². The van der Waals surface area contributed by atoms with E-state index in [1.807, 2.05) is 25.1 Å². The van der Waals surface area contributed by atoms with Crippen LogP contribution >= 0.6 is 0 Å². The molecule has 1 aromatic carbocycles. The first-order chi connectivity index (χ1) is 18.0. The minimum Gasteiger partial charge on any atom is -0.368 e. The van der Waals surface area contributed by atoms with Gasteiger partial charge in [-0.05, 0) is 37.3 Å². The van der Waals surface area contributed by atoms with Gasteiger partial charge in [0.25, 0.3) is 0 Å². The van der Waals surface area contributed by atoms with Crippen LogP contribution in [0.2, 0.25) is 0 Å². The van der Waals surface area contributed by atoms with Gasteiger partial charge in [-0.3, -0.25) is 5.01 Å². The van der Waals surface area contributed by atoms with E-state index in [-0.39, 0.29) is 18.3 Å². The smallest absolute Gasteiger partial charge is 0.223 e. The van der Waals surface area contributed by atoms with E-state index in [4.69, 9.17) is 22.4 Å². The van der Waals surface area contributed by atoms with Gasteiger partial charge in [-0.1, -0.05) is 18.2 Å². The number of nitriles is 1. The van der Waals surface area contributed by atoms with Gasteiger partial charge in [0.1, 0.15) is 12.0 Å². The lowest BCUT2D eigenvalue weighted by molar-refractivity contribution is 0.419. The van der Waals surface area contributed by atoms with E-state index in [9.17, 15) is 5.26 Å². The van der Waals surface area contributed by atoms with Gasteiger partial charge in [0.15, 0.2) is 17.3 Å². The summed E-state index contributed by atoms with van der Waals surface area (Å²) in [4.78, 5) is 22.2. The van der Waals surface area contributed by atoms with Crippen LogP contribution in [-0.2, 0) is 6.54 Å². The molecule has 0 fully saturated rings. The molecule has 0 saturated heterocycles. The van der Waals surface area contributed by atoms with Gasteiger partial charge in [-0.2, -0.15) is 14.9 Å². The number of hydrazine groups is 1. The van der Waals surface area contributed by atoms with Gasteiger partial charge in [-0.25, -0.2) is 30.8 Å². The number of nitrogens with two attached hydrogens (primary N) is 3. The number of nitrogens with zero attached hydrogens (tertiary/aromatic N) is 10. The van der Waals surface area contributed by atoms with Crippen LogP contribution in [0.4, 0.5) is 5.95 Å². The highest BCUT2D eigenvalue weighted by molar-refractivity contribution is 5.96. The van der Waals surface area contributed by atoms with Crippen LogP contribution < -0.4 is 17.4 Å². The maximum atomic E-state index is 9.39. The average molecular weight is 492 g/mol. The molecular formula is C24H21N13. The van der Waals surface area contributed by atoms with E-state index >= 15 is 0 Å². The summed E-state index contributed by atoms with van der Waals surface area (Å²) in [6, 6.07) is 16.4. The number of hydrazone groups is 1. The zero-order valence-electron chi connectivity index (χ0n) is 19.7. The van der Waals surface area contributed by atoms with E-state index in [1.54, 1.807) is 36.5 Å². The van der Waals surface area contributed by atoms with Crippen LogP contribution in [0.15, 0.2) is 66.2 Å². The third-order valence-electron chi connectivity index (χ3n) is 5.48. The van der Waals surface area contributed by atoms with Crippen LogP contribution in [0.5, 0.6) is 0 Å². The molecule has 13 nitrogen and oxygen atoms in total. The van der Waals surface area contributed by atoms with Crippen molar-refractivity contribution in [3.8, 4) is 28.6 Å². The molecule has 37 heavy (non-hydrogen) atoms. The molecule has 0 unspecified atom stereocenters. The number of hydrogen-bond acceptors (Lipinski definition) is 11. The van der Waals surface area contributed by atoms with Gasteiger partial charge < -0.3 is 11.6 Å². The van der Waals surface area contributed by atoms with E-state index in [2.05, 4.69) is 36.2 Å². The fraction of sp³-hybridized carbons (Fsp3) is 0.0833. The second-order valence-corrected chi connectivity index (χ2v) is 7.99. The van der Waals surface area contributed by atoms with Crippen LogP contribution in [0.3, 0.4) is 0 Å². The summed E-state index contributed by atoms with van der Waals surface area (Å²) in [7, 11) is 0. The average Bonchev–Trinajstić information content (AvgIpc) is 3.33. The number of anilines is 1. The molecule has 5 aromatic rings. The van der Waals surface area contributed by atoms with Crippen molar-refractivity contribution in [3.63, 3.8) is 0 Å². The molecule has 6 N–H and O–H groups in total. The van der Waals surface area contributed by atoms with Crippen LogP contribution in [-0.4, -0.2) is 45.4 Å². The molecule has 0 spiro atoms. The Balaban J connectivity index is 1.63. The van der Waals surface area contributed by atoms with Gasteiger partial charge in [-0.15, -0.1) is 5.10 Å². The van der Waals surface area contributed by atoms with Crippen molar-refractivity contribution in [3.05, 3.63) is 83.8 Å². The topological polar surface area (TPSA) is 199 Å². The van der Waals surface area contributed by atoms with Crippen molar-refractivity contribution >= 4 is 17.4 Å². The first kappa shape index (κ1) is 23.3. The molecular weight excluding hydrogens is 470 g/mol. The van der Waals surface area contributed by atoms with E-state index in [0.29, 0.717) is 45.2 Å². The highest BCUT2D eigenvalue weighted by Crippen LogP contribution is 2.33. The number of fused-ring (bicyclic) bond motifs is 1. The van der Waals surface area contributed by atoms with Crippen molar-refractivity contribution in [2.24, 2.45) is 16.8 Å². The Morgan fingerprint density at radius 1 is 1.14 bits per heavy atom. The second-order valence-electron chi connectivity index (χ2n) is 7.99. The van der Waals surface area contributed by atoms with Crippen LogP contribution in [0, 0.1) is 18.3 Å². The second kappa shape index (κ2) is 9.64. The van der Waals surface area contributed by atoms with Gasteiger partial charge in [0.2, 0.25) is 5.95 Å².